The number of piperazine rings is 1. The van der Waals surface area contributed by atoms with Gasteiger partial charge >= 0.3 is 0 Å². The van der Waals surface area contributed by atoms with Gasteiger partial charge in [-0.3, -0.25) is 9.59 Å². The number of amides is 2. The molecule has 0 N–H and O–H groups in total. The van der Waals surface area contributed by atoms with Crippen molar-refractivity contribution in [3.05, 3.63) is 0 Å². The van der Waals surface area contributed by atoms with Gasteiger partial charge in [-0.1, -0.05) is 0 Å². The fourth-order valence-electron chi connectivity index (χ4n) is 6.31. The lowest BCUT2D eigenvalue weighted by molar-refractivity contribution is -0.161. The molecule has 0 unspecified atom stereocenters. The van der Waals surface area contributed by atoms with Crippen LogP contribution >= 0.6 is 11.6 Å². The summed E-state index contributed by atoms with van der Waals surface area (Å²) in [5.41, 5.74) is -0.579. The van der Waals surface area contributed by atoms with Crippen LogP contribution in [0.25, 0.3) is 0 Å². The smallest absolute Gasteiger partial charge is 0.229 e. The van der Waals surface area contributed by atoms with Gasteiger partial charge < -0.3 is 9.80 Å². The van der Waals surface area contributed by atoms with Gasteiger partial charge in [-0.2, -0.15) is 0 Å². The Hall–Kier alpha value is -0.770. The molecule has 2 amide bonds. The second-order valence-corrected chi connectivity index (χ2v) is 10.1. The first-order chi connectivity index (χ1) is 11.8. The van der Waals surface area contributed by atoms with Crippen LogP contribution in [0.1, 0.15) is 52.4 Å². The predicted molar refractivity (Wildman–Crippen MR) is 98.3 cm³/mol. The molecule has 140 valence electrons. The van der Waals surface area contributed by atoms with Crippen LogP contribution in [0.5, 0.6) is 0 Å². The van der Waals surface area contributed by atoms with E-state index in [1.165, 1.54) is 19.3 Å². The van der Waals surface area contributed by atoms with E-state index in [9.17, 15) is 9.59 Å². The second kappa shape index (κ2) is 6.14. The van der Waals surface area contributed by atoms with Crippen LogP contribution < -0.4 is 0 Å². The lowest BCUT2D eigenvalue weighted by Crippen LogP contribution is -2.59. The lowest BCUT2D eigenvalue weighted by atomic mass is 9.49. The molecule has 5 heteroatoms. The highest BCUT2D eigenvalue weighted by atomic mass is 35.5. The van der Waals surface area contributed by atoms with Gasteiger partial charge in [0.25, 0.3) is 0 Å². The number of hydrogen-bond donors (Lipinski definition) is 0. The van der Waals surface area contributed by atoms with Crippen LogP contribution in [-0.4, -0.2) is 53.7 Å². The average Bonchev–Trinajstić information content (AvgIpc) is 2.59. The summed E-state index contributed by atoms with van der Waals surface area (Å²) in [5, 5.41) is 0. The highest BCUT2D eigenvalue weighted by Gasteiger charge is 2.55. The van der Waals surface area contributed by atoms with Crippen molar-refractivity contribution in [1.82, 2.24) is 9.80 Å². The van der Waals surface area contributed by atoms with Crippen LogP contribution in [-0.2, 0) is 9.59 Å². The molecular formula is C20H31ClN2O2. The van der Waals surface area contributed by atoms with E-state index in [2.05, 4.69) is 4.90 Å². The third kappa shape index (κ3) is 2.98. The van der Waals surface area contributed by atoms with E-state index in [0.29, 0.717) is 38.0 Å². The summed E-state index contributed by atoms with van der Waals surface area (Å²) in [6.07, 6.45) is 7.45. The highest BCUT2D eigenvalue weighted by Crippen LogP contribution is 2.60. The van der Waals surface area contributed by atoms with Gasteiger partial charge in [-0.05, 0) is 70.1 Å². The minimum atomic E-state index is -0.520. The molecule has 0 atom stereocenters. The van der Waals surface area contributed by atoms with E-state index in [1.807, 2.05) is 18.7 Å². The number of carbonyl (C=O) groups is 2. The van der Waals surface area contributed by atoms with E-state index in [0.717, 1.165) is 37.0 Å². The Bertz CT molecular complexity index is 531. The number of rotatable bonds is 3. The molecule has 0 aromatic carbocycles. The van der Waals surface area contributed by atoms with Crippen molar-refractivity contribution in [2.75, 3.05) is 32.1 Å². The Morgan fingerprint density at radius 1 is 0.920 bits per heavy atom. The standard InChI is InChI=1S/C20H31ClN2O2/c1-19(2,13-21)17(24)22-3-5-23(6-4-22)18(25)20-10-14-7-15(11-20)9-16(8-14)12-20/h14-16H,3-13H2,1-2H3. The first kappa shape index (κ1) is 17.6. The number of hydrogen-bond acceptors (Lipinski definition) is 2. The van der Waals surface area contributed by atoms with E-state index in [1.54, 1.807) is 0 Å². The molecule has 0 radical (unpaired) electrons. The molecule has 4 saturated carbocycles. The van der Waals surface area contributed by atoms with E-state index >= 15 is 0 Å². The third-order valence-corrected chi connectivity index (χ3v) is 7.93. The van der Waals surface area contributed by atoms with Crippen molar-refractivity contribution in [1.29, 1.82) is 0 Å². The average molecular weight is 367 g/mol. The minimum Gasteiger partial charge on any atom is -0.339 e. The normalized spacial score (nSPS) is 37.5. The molecule has 1 aliphatic heterocycles. The fourth-order valence-corrected chi connectivity index (χ4v) is 6.42. The zero-order chi connectivity index (χ0) is 17.8. The summed E-state index contributed by atoms with van der Waals surface area (Å²) in [7, 11) is 0. The first-order valence-electron chi connectivity index (χ1n) is 9.98. The van der Waals surface area contributed by atoms with Crippen LogP contribution in [0.3, 0.4) is 0 Å². The van der Waals surface area contributed by atoms with Gasteiger partial charge in [-0.15, -0.1) is 11.6 Å². The molecule has 4 nitrogen and oxygen atoms in total. The van der Waals surface area contributed by atoms with Crippen molar-refractivity contribution in [2.24, 2.45) is 28.6 Å². The number of carbonyl (C=O) groups excluding carboxylic acids is 2. The zero-order valence-electron chi connectivity index (χ0n) is 15.6. The third-order valence-electron chi connectivity index (χ3n) is 7.26. The molecule has 0 spiro atoms. The molecule has 4 aliphatic carbocycles. The Labute approximate surface area is 156 Å². The summed E-state index contributed by atoms with van der Waals surface area (Å²) in [6, 6.07) is 0. The molecule has 1 heterocycles. The van der Waals surface area contributed by atoms with Crippen molar-refractivity contribution < 1.29 is 9.59 Å². The second-order valence-electron chi connectivity index (χ2n) is 9.80. The lowest BCUT2D eigenvalue weighted by Gasteiger charge is -2.57. The molecule has 0 aromatic heterocycles. The van der Waals surface area contributed by atoms with E-state index < -0.39 is 5.41 Å². The predicted octanol–water partition coefficient (Wildman–Crippen LogP) is 3.14. The summed E-state index contributed by atoms with van der Waals surface area (Å²) in [6.45, 7) is 6.47. The highest BCUT2D eigenvalue weighted by molar-refractivity contribution is 6.19. The van der Waals surface area contributed by atoms with Gasteiger partial charge in [0, 0.05) is 32.1 Å². The quantitative estimate of drug-likeness (QED) is 0.720. The van der Waals surface area contributed by atoms with Gasteiger partial charge in [0.05, 0.1) is 10.8 Å². The fraction of sp³-hybridized carbons (Fsp3) is 0.900. The molecule has 5 fully saturated rings. The van der Waals surface area contributed by atoms with Gasteiger partial charge in [0.1, 0.15) is 0 Å². The van der Waals surface area contributed by atoms with Gasteiger partial charge in [-0.25, -0.2) is 0 Å². The van der Waals surface area contributed by atoms with Crippen LogP contribution in [0.4, 0.5) is 0 Å². The molecule has 5 rings (SSSR count). The topological polar surface area (TPSA) is 40.6 Å². The van der Waals surface area contributed by atoms with Crippen molar-refractivity contribution >= 4 is 23.4 Å². The zero-order valence-corrected chi connectivity index (χ0v) is 16.4. The van der Waals surface area contributed by atoms with Gasteiger partial charge in [0.15, 0.2) is 0 Å². The maximum atomic E-state index is 13.4. The van der Waals surface area contributed by atoms with Gasteiger partial charge in [0.2, 0.25) is 11.8 Å². The van der Waals surface area contributed by atoms with E-state index in [4.69, 9.17) is 11.6 Å². The minimum absolute atomic E-state index is 0.0592. The number of nitrogens with zero attached hydrogens (tertiary/aromatic N) is 2. The van der Waals surface area contributed by atoms with Crippen LogP contribution in [0.15, 0.2) is 0 Å². The Morgan fingerprint density at radius 2 is 1.36 bits per heavy atom. The Balaban J connectivity index is 1.40. The van der Waals surface area contributed by atoms with Crippen LogP contribution in [0.2, 0.25) is 0 Å². The Morgan fingerprint density at radius 3 is 1.80 bits per heavy atom. The van der Waals surface area contributed by atoms with E-state index in [-0.39, 0.29) is 11.3 Å². The first-order valence-corrected chi connectivity index (χ1v) is 10.5. The molecule has 25 heavy (non-hydrogen) atoms. The maximum absolute atomic E-state index is 13.4. The monoisotopic (exact) mass is 366 g/mol. The summed E-state index contributed by atoms with van der Waals surface area (Å²) in [4.78, 5) is 29.9. The van der Waals surface area contributed by atoms with Crippen molar-refractivity contribution in [2.45, 2.75) is 52.4 Å². The molecule has 1 saturated heterocycles. The number of halogens is 1. The molecule has 0 aromatic rings. The largest absolute Gasteiger partial charge is 0.339 e. The Kier molecular flexibility index (Phi) is 4.33. The van der Waals surface area contributed by atoms with Crippen LogP contribution in [0, 0.1) is 28.6 Å². The molecule has 5 aliphatic rings. The SMILES string of the molecule is CC(C)(CCl)C(=O)N1CCN(C(=O)C23CC4CC(CC(C4)C2)C3)CC1. The molecule has 4 bridgehead atoms. The number of alkyl halides is 1. The maximum Gasteiger partial charge on any atom is 0.229 e. The summed E-state index contributed by atoms with van der Waals surface area (Å²) >= 11 is 5.95. The summed E-state index contributed by atoms with van der Waals surface area (Å²) in [5.74, 6) is 3.23. The van der Waals surface area contributed by atoms with Crippen molar-refractivity contribution in [3.63, 3.8) is 0 Å². The van der Waals surface area contributed by atoms with Crippen molar-refractivity contribution in [3.8, 4) is 0 Å². The molecular weight excluding hydrogens is 336 g/mol. The summed E-state index contributed by atoms with van der Waals surface area (Å²) < 4.78 is 0.